The highest BCUT2D eigenvalue weighted by molar-refractivity contribution is 7.93. The molecule has 1 aliphatic carbocycles. The molecule has 0 aliphatic heterocycles. The van der Waals surface area contributed by atoms with Crippen molar-refractivity contribution in [1.82, 2.24) is 5.32 Å². The van der Waals surface area contributed by atoms with Gasteiger partial charge in [-0.3, -0.25) is 9.44 Å². The number of hydrogen-bond donors (Lipinski definition) is 3. The highest BCUT2D eigenvalue weighted by Crippen LogP contribution is 2.27. The van der Waals surface area contributed by atoms with E-state index in [0.717, 1.165) is 24.3 Å². The molecule has 0 unspecified atom stereocenters. The van der Waals surface area contributed by atoms with Gasteiger partial charge in [0.15, 0.2) is 0 Å². The zero-order valence-electron chi connectivity index (χ0n) is 20.8. The van der Waals surface area contributed by atoms with Crippen molar-refractivity contribution < 1.29 is 16.8 Å². The summed E-state index contributed by atoms with van der Waals surface area (Å²) in [4.78, 5) is 0.0717. The lowest BCUT2D eigenvalue weighted by molar-refractivity contribution is 0.305. The summed E-state index contributed by atoms with van der Waals surface area (Å²) in [6, 6.07) is 13.5. The van der Waals surface area contributed by atoms with Crippen LogP contribution in [0.15, 0.2) is 53.4 Å². The predicted octanol–water partition coefficient (Wildman–Crippen LogP) is 5.48. The Hall–Kier alpha value is -2.10. The molecule has 0 saturated heterocycles. The van der Waals surface area contributed by atoms with Gasteiger partial charge in [-0.15, -0.1) is 0 Å². The number of rotatable bonds is 13. The van der Waals surface area contributed by atoms with Crippen molar-refractivity contribution in [3.8, 4) is 0 Å². The molecular formula is C26H39N3O4S2. The van der Waals surface area contributed by atoms with Crippen LogP contribution in [-0.4, -0.2) is 28.6 Å². The molecule has 1 saturated carbocycles. The Morgan fingerprint density at radius 1 is 0.914 bits per heavy atom. The summed E-state index contributed by atoms with van der Waals surface area (Å²) in [6.07, 6.45) is 9.11. The molecule has 2 aromatic rings. The van der Waals surface area contributed by atoms with Crippen molar-refractivity contribution in [2.75, 3.05) is 15.2 Å². The third-order valence-corrected chi connectivity index (χ3v) is 9.27. The largest absolute Gasteiger partial charge is 0.310 e. The summed E-state index contributed by atoms with van der Waals surface area (Å²) in [5.41, 5.74) is 1.76. The molecule has 0 aromatic heterocycles. The van der Waals surface area contributed by atoms with Gasteiger partial charge in [-0.2, -0.15) is 0 Å². The molecule has 0 spiro atoms. The van der Waals surface area contributed by atoms with Crippen molar-refractivity contribution in [2.45, 2.75) is 82.7 Å². The standard InChI is InChI=1S/C26H39N3O4S2/c1-3-4-18-34(30,31)28-24-14-16-25(17-15-24)35(32,33)29-26-13-9-8-12-23(26)20-27-21(2)19-22-10-6-5-7-11-22/h8-9,12-17,21-22,27-29H,3-7,10-11,18-20H2,1-2H3/t21-/m0/s1. The minimum absolute atomic E-state index is 0.0369. The third-order valence-electron chi connectivity index (χ3n) is 6.52. The molecule has 194 valence electrons. The van der Waals surface area contributed by atoms with Crippen molar-refractivity contribution in [3.63, 3.8) is 0 Å². The second-order valence-electron chi connectivity index (χ2n) is 9.58. The van der Waals surface area contributed by atoms with Gasteiger partial charge in [-0.05, 0) is 61.6 Å². The van der Waals surface area contributed by atoms with E-state index in [2.05, 4.69) is 21.7 Å². The molecule has 1 atom stereocenters. The molecule has 0 heterocycles. The van der Waals surface area contributed by atoms with Crippen LogP contribution in [0.3, 0.4) is 0 Å². The van der Waals surface area contributed by atoms with E-state index in [1.54, 1.807) is 12.1 Å². The maximum atomic E-state index is 13.0. The first-order valence-electron chi connectivity index (χ1n) is 12.6. The van der Waals surface area contributed by atoms with Crippen molar-refractivity contribution in [1.29, 1.82) is 0 Å². The van der Waals surface area contributed by atoms with E-state index in [1.165, 1.54) is 56.4 Å². The van der Waals surface area contributed by atoms with Gasteiger partial charge in [-0.1, -0.05) is 63.6 Å². The van der Waals surface area contributed by atoms with E-state index in [9.17, 15) is 16.8 Å². The van der Waals surface area contributed by atoms with Crippen LogP contribution < -0.4 is 14.8 Å². The predicted molar refractivity (Wildman–Crippen MR) is 144 cm³/mol. The van der Waals surface area contributed by atoms with E-state index in [1.807, 2.05) is 19.1 Å². The Morgan fingerprint density at radius 3 is 2.29 bits per heavy atom. The van der Waals surface area contributed by atoms with Crippen molar-refractivity contribution in [3.05, 3.63) is 54.1 Å². The van der Waals surface area contributed by atoms with E-state index in [4.69, 9.17) is 0 Å². The van der Waals surface area contributed by atoms with Gasteiger partial charge in [0, 0.05) is 18.3 Å². The summed E-state index contributed by atoms with van der Waals surface area (Å²) in [5, 5.41) is 3.56. The van der Waals surface area contributed by atoms with Crippen LogP contribution in [0.1, 0.15) is 70.8 Å². The molecule has 2 aromatic carbocycles. The molecule has 35 heavy (non-hydrogen) atoms. The summed E-state index contributed by atoms with van der Waals surface area (Å²) >= 11 is 0. The Kier molecular flexibility index (Phi) is 10.0. The summed E-state index contributed by atoms with van der Waals surface area (Å²) in [5.74, 6) is 0.814. The van der Waals surface area contributed by atoms with Gasteiger partial charge in [-0.25, -0.2) is 16.8 Å². The van der Waals surface area contributed by atoms with Crippen LogP contribution in [0.5, 0.6) is 0 Å². The monoisotopic (exact) mass is 521 g/mol. The quantitative estimate of drug-likeness (QED) is 0.324. The Bertz CT molecular complexity index is 1140. The number of unbranched alkanes of at least 4 members (excludes halogenated alkanes) is 1. The maximum absolute atomic E-state index is 13.0. The maximum Gasteiger partial charge on any atom is 0.261 e. The van der Waals surface area contributed by atoms with Crippen molar-refractivity contribution >= 4 is 31.4 Å². The second-order valence-corrected chi connectivity index (χ2v) is 13.1. The van der Waals surface area contributed by atoms with E-state index in [0.29, 0.717) is 30.4 Å². The molecule has 3 N–H and O–H groups in total. The molecule has 0 radical (unpaired) electrons. The fraction of sp³-hybridized carbons (Fsp3) is 0.538. The lowest BCUT2D eigenvalue weighted by Gasteiger charge is -2.25. The first kappa shape index (κ1) is 27.5. The van der Waals surface area contributed by atoms with E-state index in [-0.39, 0.29) is 10.6 Å². The molecule has 3 rings (SSSR count). The van der Waals surface area contributed by atoms with Crippen LogP contribution in [0, 0.1) is 5.92 Å². The average Bonchev–Trinajstić information content (AvgIpc) is 2.83. The van der Waals surface area contributed by atoms with Crippen LogP contribution in [0.4, 0.5) is 11.4 Å². The van der Waals surface area contributed by atoms with Crippen LogP contribution in [0.2, 0.25) is 0 Å². The van der Waals surface area contributed by atoms with Crippen LogP contribution >= 0.6 is 0 Å². The lowest BCUT2D eigenvalue weighted by atomic mass is 9.85. The van der Waals surface area contributed by atoms with Gasteiger partial charge in [0.1, 0.15) is 0 Å². The summed E-state index contributed by atoms with van der Waals surface area (Å²) < 4.78 is 55.4. The van der Waals surface area contributed by atoms with E-state index < -0.39 is 20.0 Å². The van der Waals surface area contributed by atoms with Crippen LogP contribution in [0.25, 0.3) is 0 Å². The molecule has 7 nitrogen and oxygen atoms in total. The van der Waals surface area contributed by atoms with Gasteiger partial charge in [0.2, 0.25) is 10.0 Å². The van der Waals surface area contributed by atoms with Crippen LogP contribution in [-0.2, 0) is 26.6 Å². The summed E-state index contributed by atoms with van der Waals surface area (Å²) in [7, 11) is -7.27. The number of benzene rings is 2. The smallest absolute Gasteiger partial charge is 0.261 e. The zero-order valence-corrected chi connectivity index (χ0v) is 22.4. The fourth-order valence-electron chi connectivity index (χ4n) is 4.54. The number of anilines is 2. The average molecular weight is 522 g/mol. The normalized spacial score (nSPS) is 16.1. The summed E-state index contributed by atoms with van der Waals surface area (Å²) in [6.45, 7) is 4.69. The van der Waals surface area contributed by atoms with Gasteiger partial charge in [0.05, 0.1) is 16.3 Å². The Morgan fingerprint density at radius 2 is 1.60 bits per heavy atom. The SMILES string of the molecule is CCCCS(=O)(=O)Nc1ccc(S(=O)(=O)Nc2ccccc2CN[C@@H](C)CC2CCCCC2)cc1. The molecule has 0 bridgehead atoms. The fourth-order valence-corrected chi connectivity index (χ4v) is 6.90. The van der Waals surface area contributed by atoms with E-state index >= 15 is 0 Å². The highest BCUT2D eigenvalue weighted by atomic mass is 32.2. The minimum Gasteiger partial charge on any atom is -0.310 e. The third kappa shape index (κ3) is 8.81. The van der Waals surface area contributed by atoms with Gasteiger partial charge in [0.25, 0.3) is 10.0 Å². The first-order chi connectivity index (χ1) is 16.7. The highest BCUT2D eigenvalue weighted by Gasteiger charge is 2.19. The Balaban J connectivity index is 1.62. The number of sulfonamides is 2. The molecular weight excluding hydrogens is 482 g/mol. The molecule has 9 heteroatoms. The zero-order chi connectivity index (χ0) is 25.3. The molecule has 0 amide bonds. The van der Waals surface area contributed by atoms with Crippen molar-refractivity contribution in [2.24, 2.45) is 5.92 Å². The number of nitrogens with one attached hydrogen (secondary N) is 3. The minimum atomic E-state index is -3.83. The van der Waals surface area contributed by atoms with Gasteiger partial charge >= 0.3 is 0 Å². The second kappa shape index (κ2) is 12.7. The number of para-hydroxylation sites is 1. The van der Waals surface area contributed by atoms with Gasteiger partial charge < -0.3 is 5.32 Å². The number of hydrogen-bond acceptors (Lipinski definition) is 5. The lowest BCUT2D eigenvalue weighted by Crippen LogP contribution is -2.29. The molecule has 1 fully saturated rings. The molecule has 1 aliphatic rings. The Labute approximate surface area is 211 Å². The topological polar surface area (TPSA) is 104 Å². The first-order valence-corrected chi connectivity index (χ1v) is 15.8.